The SMILES string of the molecule is CN(C)C(CCCN)c1ncc(C=C2SC(=Nc3ccc4cn[nH]c4c3)NC2=O)s1. The van der Waals surface area contributed by atoms with E-state index in [2.05, 4.69) is 30.4 Å². The Kier molecular flexibility index (Phi) is 6.28. The maximum Gasteiger partial charge on any atom is 0.264 e. The lowest BCUT2D eigenvalue weighted by atomic mass is 10.1. The van der Waals surface area contributed by atoms with Crippen LogP contribution in [0.1, 0.15) is 28.8 Å². The van der Waals surface area contributed by atoms with Crippen LogP contribution < -0.4 is 11.1 Å². The maximum atomic E-state index is 12.4. The first-order valence-electron chi connectivity index (χ1n) is 9.58. The molecular formula is C20H23N7OS2. The monoisotopic (exact) mass is 441 g/mol. The summed E-state index contributed by atoms with van der Waals surface area (Å²) in [5.41, 5.74) is 7.33. The van der Waals surface area contributed by atoms with E-state index in [4.69, 9.17) is 5.73 Å². The van der Waals surface area contributed by atoms with E-state index in [0.29, 0.717) is 16.6 Å². The molecule has 1 fully saturated rings. The third-order valence-electron chi connectivity index (χ3n) is 4.71. The number of H-pyrrole nitrogens is 1. The molecule has 3 heterocycles. The van der Waals surface area contributed by atoms with Crippen molar-refractivity contribution in [1.82, 2.24) is 25.4 Å². The zero-order chi connectivity index (χ0) is 21.1. The van der Waals surface area contributed by atoms with Gasteiger partial charge in [-0.05, 0) is 69.5 Å². The molecule has 4 N–H and O–H groups in total. The van der Waals surface area contributed by atoms with E-state index in [0.717, 1.165) is 39.3 Å². The topological polar surface area (TPSA) is 112 Å². The predicted octanol–water partition coefficient (Wildman–Crippen LogP) is 3.25. The number of rotatable bonds is 7. The van der Waals surface area contributed by atoms with Crippen molar-refractivity contribution in [2.24, 2.45) is 10.7 Å². The first kappa shape index (κ1) is 20.7. The normalized spacial score (nSPS) is 18.1. The summed E-state index contributed by atoms with van der Waals surface area (Å²) in [6.07, 6.45) is 7.36. The molecule has 1 saturated heterocycles. The van der Waals surface area contributed by atoms with Gasteiger partial charge in [0, 0.05) is 16.5 Å². The highest BCUT2D eigenvalue weighted by molar-refractivity contribution is 8.18. The smallest absolute Gasteiger partial charge is 0.264 e. The van der Waals surface area contributed by atoms with Gasteiger partial charge in [0.25, 0.3) is 5.91 Å². The summed E-state index contributed by atoms with van der Waals surface area (Å²) >= 11 is 2.93. The highest BCUT2D eigenvalue weighted by Gasteiger charge is 2.25. The standard InChI is InChI=1S/C20H23N7OS2/c1-27(2)16(4-3-7-21)19-22-11-14(29-19)9-17-18(28)25-20(30-17)24-13-6-5-12-10-23-26-15(12)8-13/h5-6,8-11,16H,3-4,7,21H2,1-2H3,(H,23,26)(H,24,25,28). The van der Waals surface area contributed by atoms with E-state index in [-0.39, 0.29) is 11.9 Å². The van der Waals surface area contributed by atoms with Crippen LogP contribution in [0, 0.1) is 0 Å². The Bertz CT molecular complexity index is 1120. The number of carbonyl (C=O) groups is 1. The van der Waals surface area contributed by atoms with Crippen LogP contribution in [0.4, 0.5) is 5.69 Å². The van der Waals surface area contributed by atoms with Crippen LogP contribution >= 0.6 is 23.1 Å². The van der Waals surface area contributed by atoms with Gasteiger partial charge in [-0.3, -0.25) is 9.89 Å². The van der Waals surface area contributed by atoms with Crippen molar-refractivity contribution < 1.29 is 4.79 Å². The van der Waals surface area contributed by atoms with Gasteiger partial charge in [-0.2, -0.15) is 5.10 Å². The van der Waals surface area contributed by atoms with Gasteiger partial charge >= 0.3 is 0 Å². The lowest BCUT2D eigenvalue weighted by Crippen LogP contribution is -2.20. The highest BCUT2D eigenvalue weighted by atomic mass is 32.2. The first-order chi connectivity index (χ1) is 14.5. The molecule has 1 unspecified atom stereocenters. The van der Waals surface area contributed by atoms with E-state index < -0.39 is 0 Å². The number of benzene rings is 1. The number of hydrogen-bond donors (Lipinski definition) is 3. The van der Waals surface area contributed by atoms with E-state index in [1.54, 1.807) is 17.5 Å². The molecule has 1 amide bonds. The summed E-state index contributed by atoms with van der Waals surface area (Å²) in [4.78, 5) is 25.2. The third-order valence-corrected chi connectivity index (χ3v) is 6.67. The van der Waals surface area contributed by atoms with Gasteiger partial charge in [0.1, 0.15) is 5.01 Å². The zero-order valence-electron chi connectivity index (χ0n) is 16.8. The molecule has 156 valence electrons. The molecule has 8 nitrogen and oxygen atoms in total. The molecule has 0 spiro atoms. The number of aromatic amines is 1. The number of thiazole rings is 1. The largest absolute Gasteiger partial charge is 0.330 e. The van der Waals surface area contributed by atoms with Crippen LogP contribution in [0.5, 0.6) is 0 Å². The van der Waals surface area contributed by atoms with Crippen molar-refractivity contribution in [2.45, 2.75) is 18.9 Å². The van der Waals surface area contributed by atoms with Crippen LogP contribution in [-0.4, -0.2) is 51.8 Å². The highest BCUT2D eigenvalue weighted by Crippen LogP contribution is 2.32. The van der Waals surface area contributed by atoms with Gasteiger partial charge in [0.2, 0.25) is 0 Å². The molecule has 0 aliphatic carbocycles. The Balaban J connectivity index is 1.50. The van der Waals surface area contributed by atoms with Gasteiger partial charge in [-0.15, -0.1) is 11.3 Å². The predicted molar refractivity (Wildman–Crippen MR) is 124 cm³/mol. The maximum absolute atomic E-state index is 12.4. The van der Waals surface area contributed by atoms with E-state index in [9.17, 15) is 4.79 Å². The number of nitrogens with one attached hydrogen (secondary N) is 2. The first-order valence-corrected chi connectivity index (χ1v) is 11.2. The zero-order valence-corrected chi connectivity index (χ0v) is 18.4. The fourth-order valence-electron chi connectivity index (χ4n) is 3.16. The number of nitrogens with zero attached hydrogens (tertiary/aromatic N) is 4. The lowest BCUT2D eigenvalue weighted by molar-refractivity contribution is -0.115. The van der Waals surface area contributed by atoms with Crippen molar-refractivity contribution in [2.75, 3.05) is 20.6 Å². The molecular weight excluding hydrogens is 418 g/mol. The number of amidine groups is 1. The summed E-state index contributed by atoms with van der Waals surface area (Å²) in [5, 5.41) is 12.4. The van der Waals surface area contributed by atoms with Crippen LogP contribution in [0.15, 0.2) is 40.5 Å². The van der Waals surface area contributed by atoms with E-state index in [1.165, 1.54) is 11.8 Å². The second-order valence-electron chi connectivity index (χ2n) is 7.13. The number of thioether (sulfide) groups is 1. The lowest BCUT2D eigenvalue weighted by Gasteiger charge is -2.21. The van der Waals surface area contributed by atoms with Gasteiger partial charge in [-0.1, -0.05) is 0 Å². The minimum absolute atomic E-state index is 0.149. The van der Waals surface area contributed by atoms with Gasteiger partial charge < -0.3 is 16.0 Å². The minimum atomic E-state index is -0.149. The van der Waals surface area contributed by atoms with Gasteiger partial charge in [0.05, 0.1) is 28.3 Å². The fraction of sp³-hybridized carbons (Fsp3) is 0.300. The number of aliphatic imine (C=N–C) groups is 1. The average molecular weight is 442 g/mol. The molecule has 1 aromatic carbocycles. The molecule has 2 aromatic heterocycles. The Morgan fingerprint density at radius 1 is 1.33 bits per heavy atom. The number of amides is 1. The minimum Gasteiger partial charge on any atom is -0.330 e. The quantitative estimate of drug-likeness (QED) is 0.485. The van der Waals surface area contributed by atoms with Crippen LogP contribution in [-0.2, 0) is 4.79 Å². The van der Waals surface area contributed by atoms with Crippen molar-refractivity contribution >= 4 is 56.8 Å². The van der Waals surface area contributed by atoms with Crippen LogP contribution in [0.25, 0.3) is 17.0 Å². The summed E-state index contributed by atoms with van der Waals surface area (Å²) in [7, 11) is 4.09. The van der Waals surface area contributed by atoms with Crippen molar-refractivity contribution in [1.29, 1.82) is 0 Å². The molecule has 3 aromatic rings. The summed E-state index contributed by atoms with van der Waals surface area (Å²) < 4.78 is 0. The molecule has 0 saturated carbocycles. The number of hydrogen-bond acceptors (Lipinski definition) is 8. The average Bonchev–Trinajstić information content (AvgIpc) is 3.43. The second kappa shape index (κ2) is 9.09. The Morgan fingerprint density at radius 3 is 3.00 bits per heavy atom. The Labute approximate surface area is 182 Å². The van der Waals surface area contributed by atoms with Crippen molar-refractivity contribution in [3.8, 4) is 0 Å². The van der Waals surface area contributed by atoms with Gasteiger partial charge in [0.15, 0.2) is 5.17 Å². The van der Waals surface area contributed by atoms with E-state index >= 15 is 0 Å². The summed E-state index contributed by atoms with van der Waals surface area (Å²) in [5.74, 6) is -0.149. The third kappa shape index (κ3) is 4.62. The van der Waals surface area contributed by atoms with Crippen LogP contribution in [0.2, 0.25) is 0 Å². The van der Waals surface area contributed by atoms with Crippen molar-refractivity contribution in [3.05, 3.63) is 45.4 Å². The fourth-order valence-corrected chi connectivity index (χ4v) is 5.16. The molecule has 4 rings (SSSR count). The molecule has 1 aliphatic heterocycles. The molecule has 1 atom stereocenters. The Morgan fingerprint density at radius 2 is 2.20 bits per heavy atom. The molecule has 0 bridgehead atoms. The number of aromatic nitrogens is 3. The van der Waals surface area contributed by atoms with Crippen molar-refractivity contribution in [3.63, 3.8) is 0 Å². The Hall–Kier alpha value is -2.53. The summed E-state index contributed by atoms with van der Waals surface area (Å²) in [6, 6.07) is 5.98. The number of carbonyl (C=O) groups excluding carboxylic acids is 1. The van der Waals surface area contributed by atoms with E-state index in [1.807, 2.05) is 44.6 Å². The second-order valence-corrected chi connectivity index (χ2v) is 9.26. The van der Waals surface area contributed by atoms with Crippen LogP contribution in [0.3, 0.4) is 0 Å². The number of fused-ring (bicyclic) bond motifs is 1. The molecule has 30 heavy (non-hydrogen) atoms. The number of nitrogens with two attached hydrogens (primary N) is 1. The molecule has 10 heteroatoms. The van der Waals surface area contributed by atoms with Gasteiger partial charge in [-0.25, -0.2) is 9.98 Å². The molecule has 0 radical (unpaired) electrons. The summed E-state index contributed by atoms with van der Waals surface area (Å²) in [6.45, 7) is 0.666. The molecule has 1 aliphatic rings.